The lowest BCUT2D eigenvalue weighted by atomic mass is 10.0. The Bertz CT molecular complexity index is 770. The number of amides is 2. The molecule has 0 saturated carbocycles. The van der Waals surface area contributed by atoms with Crippen LogP contribution in [0.25, 0.3) is 0 Å². The summed E-state index contributed by atoms with van der Waals surface area (Å²) in [6.45, 7) is 3.67. The van der Waals surface area contributed by atoms with Gasteiger partial charge in [-0.3, -0.25) is 14.9 Å². The zero-order valence-electron chi connectivity index (χ0n) is 15.7. The topological polar surface area (TPSA) is 112 Å². The highest BCUT2D eigenvalue weighted by Gasteiger charge is 2.26. The molecule has 2 amide bonds. The predicted molar refractivity (Wildman–Crippen MR) is 101 cm³/mol. The highest BCUT2D eigenvalue weighted by Crippen LogP contribution is 2.38. The van der Waals surface area contributed by atoms with Crippen molar-refractivity contribution in [2.45, 2.75) is 19.9 Å². The molecule has 1 unspecified atom stereocenters. The van der Waals surface area contributed by atoms with E-state index in [9.17, 15) is 9.59 Å². The molecule has 27 heavy (non-hydrogen) atoms. The molecule has 0 aliphatic heterocycles. The molecule has 0 aliphatic carbocycles. The maximum atomic E-state index is 12.7. The number of carbonyl (C=O) groups is 2. The van der Waals surface area contributed by atoms with Gasteiger partial charge in [0.1, 0.15) is 11.6 Å². The fourth-order valence-electron chi connectivity index (χ4n) is 2.38. The summed E-state index contributed by atoms with van der Waals surface area (Å²) < 4.78 is 15.8. The molecule has 0 saturated heterocycles. The van der Waals surface area contributed by atoms with Gasteiger partial charge in [-0.05, 0) is 18.1 Å². The molecule has 146 valence electrons. The summed E-state index contributed by atoms with van der Waals surface area (Å²) in [4.78, 5) is 25.2. The van der Waals surface area contributed by atoms with E-state index in [4.69, 9.17) is 14.2 Å². The number of benzene rings is 1. The van der Waals surface area contributed by atoms with Crippen LogP contribution in [0.3, 0.4) is 0 Å². The van der Waals surface area contributed by atoms with E-state index in [1.165, 1.54) is 50.3 Å². The van der Waals surface area contributed by atoms with E-state index in [2.05, 4.69) is 20.8 Å². The second-order valence-corrected chi connectivity index (χ2v) is 6.68. The third-order valence-electron chi connectivity index (χ3n) is 3.75. The molecular weight excluding hydrogens is 372 g/mol. The van der Waals surface area contributed by atoms with Crippen molar-refractivity contribution in [2.24, 2.45) is 5.92 Å². The molecule has 2 rings (SSSR count). The van der Waals surface area contributed by atoms with Crippen LogP contribution in [0, 0.1) is 5.92 Å². The molecule has 1 aromatic heterocycles. The van der Waals surface area contributed by atoms with Crippen molar-refractivity contribution < 1.29 is 23.8 Å². The van der Waals surface area contributed by atoms with Crippen LogP contribution in [0.5, 0.6) is 17.2 Å². The second-order valence-electron chi connectivity index (χ2n) is 5.84. The number of hydrogen-bond acceptors (Lipinski definition) is 8. The second kappa shape index (κ2) is 9.17. The monoisotopic (exact) mass is 394 g/mol. The molecule has 1 aromatic carbocycles. The molecule has 0 fully saturated rings. The highest BCUT2D eigenvalue weighted by atomic mass is 32.1. The van der Waals surface area contributed by atoms with Crippen molar-refractivity contribution in [2.75, 3.05) is 26.6 Å². The number of hydrogen-bond donors (Lipinski definition) is 2. The Labute approximate surface area is 161 Å². The first-order chi connectivity index (χ1) is 12.9. The van der Waals surface area contributed by atoms with Gasteiger partial charge in [-0.25, -0.2) is 0 Å². The Kier molecular flexibility index (Phi) is 6.94. The van der Waals surface area contributed by atoms with E-state index in [1.54, 1.807) is 0 Å². The van der Waals surface area contributed by atoms with Gasteiger partial charge in [0.25, 0.3) is 5.91 Å². The summed E-state index contributed by atoms with van der Waals surface area (Å²) in [7, 11) is 4.41. The van der Waals surface area contributed by atoms with Crippen molar-refractivity contribution in [3.05, 3.63) is 23.2 Å². The number of carbonyl (C=O) groups excluding carboxylic acids is 2. The minimum absolute atomic E-state index is 0.149. The number of methoxy groups -OCH3 is 3. The Morgan fingerprint density at radius 3 is 2.15 bits per heavy atom. The summed E-state index contributed by atoms with van der Waals surface area (Å²) in [6, 6.07) is 2.29. The van der Waals surface area contributed by atoms with Gasteiger partial charge >= 0.3 is 0 Å². The minimum Gasteiger partial charge on any atom is -0.493 e. The quantitative estimate of drug-likeness (QED) is 0.704. The Morgan fingerprint density at radius 2 is 1.70 bits per heavy atom. The SMILES string of the molecule is COc1cc(C(=O)NC(C(=O)Nc2nncs2)C(C)C)cc(OC)c1OC. The fraction of sp³-hybridized carbons (Fsp3) is 0.412. The summed E-state index contributed by atoms with van der Waals surface area (Å²) in [6.07, 6.45) is 0. The van der Waals surface area contributed by atoms with Crippen LogP contribution in [-0.4, -0.2) is 49.4 Å². The van der Waals surface area contributed by atoms with E-state index >= 15 is 0 Å². The first-order valence-corrected chi connectivity index (χ1v) is 8.97. The minimum atomic E-state index is -0.763. The van der Waals surface area contributed by atoms with Gasteiger partial charge < -0.3 is 19.5 Å². The van der Waals surface area contributed by atoms with Crippen LogP contribution in [0.2, 0.25) is 0 Å². The predicted octanol–water partition coefficient (Wildman–Crippen LogP) is 1.96. The van der Waals surface area contributed by atoms with Crippen LogP contribution in [0.1, 0.15) is 24.2 Å². The molecule has 0 spiro atoms. The number of ether oxygens (including phenoxy) is 3. The molecule has 0 aliphatic rings. The van der Waals surface area contributed by atoms with Crippen LogP contribution in [0.15, 0.2) is 17.6 Å². The molecule has 0 radical (unpaired) electrons. The van der Waals surface area contributed by atoms with Gasteiger partial charge in [0.05, 0.1) is 21.3 Å². The van der Waals surface area contributed by atoms with Crippen LogP contribution < -0.4 is 24.8 Å². The summed E-state index contributed by atoms with van der Waals surface area (Å²) in [5.41, 5.74) is 1.79. The highest BCUT2D eigenvalue weighted by molar-refractivity contribution is 7.13. The van der Waals surface area contributed by atoms with Crippen molar-refractivity contribution in [1.29, 1.82) is 0 Å². The normalized spacial score (nSPS) is 11.6. The summed E-state index contributed by atoms with van der Waals surface area (Å²) in [5.74, 6) is 0.112. The van der Waals surface area contributed by atoms with E-state index in [0.29, 0.717) is 22.4 Å². The van der Waals surface area contributed by atoms with E-state index < -0.39 is 11.9 Å². The third kappa shape index (κ3) is 4.85. The van der Waals surface area contributed by atoms with Gasteiger partial charge in [-0.2, -0.15) is 0 Å². The summed E-state index contributed by atoms with van der Waals surface area (Å²) in [5, 5.41) is 13.2. The van der Waals surface area contributed by atoms with Crippen LogP contribution in [-0.2, 0) is 4.79 Å². The number of anilines is 1. The first kappa shape index (κ1) is 20.4. The zero-order valence-corrected chi connectivity index (χ0v) is 16.5. The standard InChI is InChI=1S/C17H22N4O5S/c1-9(2)13(16(23)20-17-21-18-8-27-17)19-15(22)10-6-11(24-3)14(26-5)12(7-10)25-4/h6-9,13H,1-5H3,(H,19,22)(H,20,21,23). The van der Waals surface area contributed by atoms with Crippen molar-refractivity contribution >= 4 is 28.3 Å². The number of rotatable bonds is 8. The van der Waals surface area contributed by atoms with Crippen molar-refractivity contribution in [3.63, 3.8) is 0 Å². The van der Waals surface area contributed by atoms with Crippen molar-refractivity contribution in [1.82, 2.24) is 15.5 Å². The van der Waals surface area contributed by atoms with Gasteiger partial charge in [0.2, 0.25) is 16.8 Å². The molecule has 2 aromatic rings. The lowest BCUT2D eigenvalue weighted by molar-refractivity contribution is -0.118. The molecule has 0 bridgehead atoms. The van der Waals surface area contributed by atoms with E-state index in [1.807, 2.05) is 13.8 Å². The zero-order chi connectivity index (χ0) is 20.0. The summed E-state index contributed by atoms with van der Waals surface area (Å²) >= 11 is 1.20. The lowest BCUT2D eigenvalue weighted by Crippen LogP contribution is -2.47. The Hall–Kier alpha value is -2.88. The van der Waals surface area contributed by atoms with Gasteiger partial charge in [0, 0.05) is 5.56 Å². The lowest BCUT2D eigenvalue weighted by Gasteiger charge is -2.21. The van der Waals surface area contributed by atoms with Gasteiger partial charge in [-0.15, -0.1) is 10.2 Å². The number of nitrogens with one attached hydrogen (secondary N) is 2. The average molecular weight is 394 g/mol. The molecular formula is C17H22N4O5S. The molecule has 1 atom stereocenters. The van der Waals surface area contributed by atoms with E-state index in [0.717, 1.165) is 0 Å². The fourth-order valence-corrected chi connectivity index (χ4v) is 2.83. The third-order valence-corrected chi connectivity index (χ3v) is 4.36. The maximum Gasteiger partial charge on any atom is 0.252 e. The van der Waals surface area contributed by atoms with E-state index in [-0.39, 0.29) is 17.4 Å². The largest absolute Gasteiger partial charge is 0.493 e. The maximum absolute atomic E-state index is 12.7. The van der Waals surface area contributed by atoms with Crippen LogP contribution >= 0.6 is 11.3 Å². The van der Waals surface area contributed by atoms with Gasteiger partial charge in [0.15, 0.2) is 11.5 Å². The smallest absolute Gasteiger partial charge is 0.252 e. The Morgan fingerprint density at radius 1 is 1.07 bits per heavy atom. The molecule has 10 heteroatoms. The number of nitrogens with zero attached hydrogens (tertiary/aromatic N) is 2. The molecule has 2 N–H and O–H groups in total. The molecule has 1 heterocycles. The van der Waals surface area contributed by atoms with Crippen LogP contribution in [0.4, 0.5) is 5.13 Å². The molecule has 9 nitrogen and oxygen atoms in total. The van der Waals surface area contributed by atoms with Crippen molar-refractivity contribution in [3.8, 4) is 17.2 Å². The Balaban J connectivity index is 2.23. The van der Waals surface area contributed by atoms with Gasteiger partial charge in [-0.1, -0.05) is 25.2 Å². The average Bonchev–Trinajstić information content (AvgIpc) is 3.16. The first-order valence-electron chi connectivity index (χ1n) is 8.09. The number of aromatic nitrogens is 2.